The van der Waals surface area contributed by atoms with E-state index < -0.39 is 0 Å². The van der Waals surface area contributed by atoms with Gasteiger partial charge >= 0.3 is 0 Å². The monoisotopic (exact) mass is 261 g/mol. The van der Waals surface area contributed by atoms with Gasteiger partial charge in [0.25, 0.3) is 0 Å². The predicted octanol–water partition coefficient (Wildman–Crippen LogP) is 0.894. The van der Waals surface area contributed by atoms with Gasteiger partial charge in [-0.25, -0.2) is 4.68 Å². The van der Waals surface area contributed by atoms with Crippen LogP contribution in [0.25, 0.3) is 0 Å². The van der Waals surface area contributed by atoms with Gasteiger partial charge in [0.05, 0.1) is 7.11 Å². The van der Waals surface area contributed by atoms with Crippen molar-refractivity contribution in [2.45, 2.75) is 18.8 Å². The largest absolute Gasteiger partial charge is 0.496 e. The molecule has 0 amide bonds. The lowest BCUT2D eigenvalue weighted by atomic mass is 9.98. The Morgan fingerprint density at radius 1 is 1.37 bits per heavy atom. The first-order chi connectivity index (χ1) is 9.26. The molecular formula is C13H19N5O. The third-order valence-corrected chi connectivity index (χ3v) is 3.26. The summed E-state index contributed by atoms with van der Waals surface area (Å²) >= 11 is 0. The van der Waals surface area contributed by atoms with Gasteiger partial charge in [-0.2, -0.15) is 0 Å². The van der Waals surface area contributed by atoms with E-state index in [2.05, 4.69) is 21.6 Å². The number of para-hydroxylation sites is 1. The number of hydrogen-bond donors (Lipinski definition) is 1. The Morgan fingerprint density at radius 3 is 2.79 bits per heavy atom. The van der Waals surface area contributed by atoms with Crippen LogP contribution in [0.2, 0.25) is 0 Å². The molecule has 0 radical (unpaired) electrons. The second-order valence-corrected chi connectivity index (χ2v) is 4.44. The van der Waals surface area contributed by atoms with E-state index in [0.717, 1.165) is 24.4 Å². The molecule has 0 fully saturated rings. The second-order valence-electron chi connectivity index (χ2n) is 4.44. The third-order valence-electron chi connectivity index (χ3n) is 3.26. The van der Waals surface area contributed by atoms with Gasteiger partial charge in [0.2, 0.25) is 0 Å². The van der Waals surface area contributed by atoms with Crippen LogP contribution in [0.5, 0.6) is 5.75 Å². The molecule has 0 aliphatic carbocycles. The van der Waals surface area contributed by atoms with Crippen LogP contribution in [0, 0.1) is 0 Å². The number of tetrazole rings is 1. The van der Waals surface area contributed by atoms with Crippen molar-refractivity contribution in [3.05, 3.63) is 35.7 Å². The normalized spacial score (nSPS) is 12.4. The first-order valence-electron chi connectivity index (χ1n) is 6.30. The smallest absolute Gasteiger partial charge is 0.155 e. The van der Waals surface area contributed by atoms with Gasteiger partial charge in [0, 0.05) is 19.5 Å². The van der Waals surface area contributed by atoms with Crippen LogP contribution in [-0.2, 0) is 13.5 Å². The molecule has 2 aromatic rings. The standard InChI is InChI=1S/C13H19N5O/c1-18-13(15-16-17-18)11(9-14)8-7-10-5-3-4-6-12(10)19-2/h3-6,11H,7-9,14H2,1-2H3. The zero-order valence-corrected chi connectivity index (χ0v) is 11.3. The minimum atomic E-state index is 0.157. The van der Waals surface area contributed by atoms with E-state index in [4.69, 9.17) is 10.5 Å². The van der Waals surface area contributed by atoms with Gasteiger partial charge < -0.3 is 10.5 Å². The van der Waals surface area contributed by atoms with Crippen LogP contribution in [0.4, 0.5) is 0 Å². The molecule has 1 aromatic heterocycles. The van der Waals surface area contributed by atoms with Crippen LogP contribution in [-0.4, -0.2) is 33.9 Å². The molecule has 102 valence electrons. The van der Waals surface area contributed by atoms with E-state index in [1.807, 2.05) is 25.2 Å². The fourth-order valence-corrected chi connectivity index (χ4v) is 2.17. The summed E-state index contributed by atoms with van der Waals surface area (Å²) < 4.78 is 7.03. The second kappa shape index (κ2) is 6.29. The minimum absolute atomic E-state index is 0.157. The van der Waals surface area contributed by atoms with Crippen molar-refractivity contribution in [2.75, 3.05) is 13.7 Å². The van der Waals surface area contributed by atoms with E-state index in [1.165, 1.54) is 5.56 Å². The first-order valence-corrected chi connectivity index (χ1v) is 6.30. The SMILES string of the molecule is COc1ccccc1CCC(CN)c1nnnn1C. The minimum Gasteiger partial charge on any atom is -0.496 e. The highest BCUT2D eigenvalue weighted by molar-refractivity contribution is 5.33. The number of benzene rings is 1. The van der Waals surface area contributed by atoms with Gasteiger partial charge in [-0.3, -0.25) is 0 Å². The molecule has 0 saturated heterocycles. The molecule has 0 aliphatic heterocycles. The van der Waals surface area contributed by atoms with Gasteiger partial charge in [0.1, 0.15) is 5.75 Å². The van der Waals surface area contributed by atoms with Gasteiger partial charge in [-0.05, 0) is 34.9 Å². The van der Waals surface area contributed by atoms with E-state index >= 15 is 0 Å². The van der Waals surface area contributed by atoms with Gasteiger partial charge in [-0.15, -0.1) is 5.10 Å². The molecule has 1 unspecified atom stereocenters. The Labute approximate surface area is 112 Å². The number of ether oxygens (including phenoxy) is 1. The van der Waals surface area contributed by atoms with E-state index in [0.29, 0.717) is 6.54 Å². The Kier molecular flexibility index (Phi) is 4.46. The lowest BCUT2D eigenvalue weighted by Gasteiger charge is -2.14. The molecule has 6 nitrogen and oxygen atoms in total. The summed E-state index contributed by atoms with van der Waals surface area (Å²) in [5.41, 5.74) is 7.01. The zero-order chi connectivity index (χ0) is 13.7. The number of aromatic nitrogens is 4. The topological polar surface area (TPSA) is 78.8 Å². The molecule has 0 bridgehead atoms. The lowest BCUT2D eigenvalue weighted by Crippen LogP contribution is -2.17. The number of aryl methyl sites for hydroxylation is 2. The predicted molar refractivity (Wildman–Crippen MR) is 71.9 cm³/mol. The molecule has 0 spiro atoms. The molecule has 0 aliphatic rings. The van der Waals surface area contributed by atoms with Crippen molar-refractivity contribution in [2.24, 2.45) is 12.8 Å². The number of rotatable bonds is 6. The van der Waals surface area contributed by atoms with Gasteiger partial charge in [-0.1, -0.05) is 18.2 Å². The summed E-state index contributed by atoms with van der Waals surface area (Å²) in [6.45, 7) is 0.531. The van der Waals surface area contributed by atoms with Crippen LogP contribution in [0.1, 0.15) is 23.7 Å². The van der Waals surface area contributed by atoms with Crippen molar-refractivity contribution in [1.82, 2.24) is 20.2 Å². The molecule has 1 atom stereocenters. The summed E-state index contributed by atoms with van der Waals surface area (Å²) in [6.07, 6.45) is 1.78. The van der Waals surface area contributed by atoms with E-state index in [1.54, 1.807) is 11.8 Å². The zero-order valence-electron chi connectivity index (χ0n) is 11.3. The Bertz CT molecular complexity index is 525. The molecule has 2 rings (SSSR count). The summed E-state index contributed by atoms with van der Waals surface area (Å²) in [5, 5.41) is 11.5. The van der Waals surface area contributed by atoms with Crippen molar-refractivity contribution in [3.8, 4) is 5.75 Å². The molecule has 19 heavy (non-hydrogen) atoms. The number of nitrogens with two attached hydrogens (primary N) is 1. The first kappa shape index (κ1) is 13.5. The maximum Gasteiger partial charge on any atom is 0.155 e. The molecule has 6 heteroatoms. The molecule has 0 saturated carbocycles. The highest BCUT2D eigenvalue weighted by atomic mass is 16.5. The number of methoxy groups -OCH3 is 1. The Balaban J connectivity index is 2.06. The summed E-state index contributed by atoms with van der Waals surface area (Å²) in [4.78, 5) is 0. The van der Waals surface area contributed by atoms with Crippen LogP contribution >= 0.6 is 0 Å². The summed E-state index contributed by atoms with van der Waals surface area (Å²) in [6, 6.07) is 8.02. The number of nitrogens with zero attached hydrogens (tertiary/aromatic N) is 4. The quantitative estimate of drug-likeness (QED) is 0.835. The summed E-state index contributed by atoms with van der Waals surface area (Å²) in [5.74, 6) is 1.90. The Hall–Kier alpha value is -1.95. The van der Waals surface area contributed by atoms with Crippen molar-refractivity contribution in [1.29, 1.82) is 0 Å². The van der Waals surface area contributed by atoms with Crippen molar-refractivity contribution in [3.63, 3.8) is 0 Å². The average Bonchev–Trinajstić information content (AvgIpc) is 2.86. The number of hydrogen-bond acceptors (Lipinski definition) is 5. The molecule has 2 N–H and O–H groups in total. The molecule has 1 heterocycles. The van der Waals surface area contributed by atoms with E-state index in [9.17, 15) is 0 Å². The highest BCUT2D eigenvalue weighted by Gasteiger charge is 2.16. The fraction of sp³-hybridized carbons (Fsp3) is 0.462. The Morgan fingerprint density at radius 2 is 2.16 bits per heavy atom. The van der Waals surface area contributed by atoms with Crippen molar-refractivity contribution >= 4 is 0 Å². The third kappa shape index (κ3) is 3.08. The van der Waals surface area contributed by atoms with Crippen LogP contribution < -0.4 is 10.5 Å². The van der Waals surface area contributed by atoms with Crippen LogP contribution in [0.3, 0.4) is 0 Å². The van der Waals surface area contributed by atoms with Crippen LogP contribution in [0.15, 0.2) is 24.3 Å². The molecular weight excluding hydrogens is 242 g/mol. The fourth-order valence-electron chi connectivity index (χ4n) is 2.17. The highest BCUT2D eigenvalue weighted by Crippen LogP contribution is 2.23. The van der Waals surface area contributed by atoms with E-state index in [-0.39, 0.29) is 5.92 Å². The summed E-state index contributed by atoms with van der Waals surface area (Å²) in [7, 11) is 3.52. The van der Waals surface area contributed by atoms with Crippen molar-refractivity contribution < 1.29 is 4.74 Å². The maximum atomic E-state index is 5.83. The average molecular weight is 261 g/mol. The lowest BCUT2D eigenvalue weighted by molar-refractivity contribution is 0.408. The van der Waals surface area contributed by atoms with Gasteiger partial charge in [0.15, 0.2) is 5.82 Å². The molecule has 1 aromatic carbocycles. The maximum absolute atomic E-state index is 5.83.